The molecule has 34 heavy (non-hydrogen) atoms. The minimum Gasteiger partial charge on any atom is -0.435 e. The average molecular weight is 502 g/mol. The summed E-state index contributed by atoms with van der Waals surface area (Å²) < 4.78 is 67.8. The van der Waals surface area contributed by atoms with Gasteiger partial charge in [-0.2, -0.15) is 8.78 Å². The van der Waals surface area contributed by atoms with Gasteiger partial charge in [0.2, 0.25) is 5.91 Å². The van der Waals surface area contributed by atoms with Crippen LogP contribution in [-0.2, 0) is 14.6 Å². The molecule has 1 saturated heterocycles. The summed E-state index contributed by atoms with van der Waals surface area (Å²) in [6, 6.07) is 3.10. The molecule has 1 aromatic carbocycles. The fraction of sp³-hybridized carbons (Fsp3) is 0.565. The molecule has 1 aliphatic heterocycles. The maximum absolute atomic E-state index is 14.5. The lowest BCUT2D eigenvalue weighted by atomic mass is 9.81. The van der Waals surface area contributed by atoms with Crippen molar-refractivity contribution in [2.24, 2.45) is 16.6 Å². The van der Waals surface area contributed by atoms with Gasteiger partial charge in [0.25, 0.3) is 0 Å². The van der Waals surface area contributed by atoms with Crippen LogP contribution >= 0.6 is 0 Å². The Hall–Kier alpha value is -2.56. The van der Waals surface area contributed by atoms with Crippen LogP contribution in [0.25, 0.3) is 5.70 Å². The first-order chi connectivity index (χ1) is 15.8. The fourth-order valence-corrected chi connectivity index (χ4v) is 6.53. The molecule has 0 radical (unpaired) electrons. The normalized spacial score (nSPS) is 27.3. The summed E-state index contributed by atoms with van der Waals surface area (Å²) in [6.45, 7) is 2.37. The van der Waals surface area contributed by atoms with Gasteiger partial charge >= 0.3 is 6.61 Å². The van der Waals surface area contributed by atoms with Crippen molar-refractivity contribution in [3.05, 3.63) is 35.2 Å². The Morgan fingerprint density at radius 1 is 1.32 bits per heavy atom. The number of allylic oxidation sites excluding steroid dienone is 1. The van der Waals surface area contributed by atoms with Gasteiger partial charge < -0.3 is 15.8 Å². The van der Waals surface area contributed by atoms with Crippen LogP contribution in [0.15, 0.2) is 28.8 Å². The average Bonchev–Trinajstić information content (AvgIpc) is 3.00. The third kappa shape index (κ3) is 6.31. The second-order valence-electron chi connectivity index (χ2n) is 9.41. The number of aliphatic imine (C=N–C) groups is 1. The molecule has 1 saturated carbocycles. The van der Waals surface area contributed by atoms with E-state index in [1.54, 1.807) is 6.92 Å². The van der Waals surface area contributed by atoms with Gasteiger partial charge in [0.1, 0.15) is 11.6 Å². The molecule has 2 atom stereocenters. The van der Waals surface area contributed by atoms with E-state index in [-0.39, 0.29) is 46.9 Å². The number of benzene rings is 1. The summed E-state index contributed by atoms with van der Waals surface area (Å²) in [5, 5.41) is 2.90. The highest BCUT2D eigenvalue weighted by Crippen LogP contribution is 2.34. The number of ether oxygens (including phenoxy) is 1. The first-order valence-electron chi connectivity index (χ1n) is 11.1. The molecule has 188 valence electrons. The standard InChI is InChI=1S/C23H30F3N3O4S/c1-13(2)28-19-10-14(21(30)29-23(3)8-9-34(31,32)12-23)4-6-16(19)20(27)17-11-15(33-22(25)26)5-7-18(17)24/h5,7,11,13-14,22H,4,6,8-10,12,27H2,1-3H3,(H,29,30)/t14-,23+/m1/s1. The highest BCUT2D eigenvalue weighted by molar-refractivity contribution is 7.91. The van der Waals surface area contributed by atoms with Gasteiger partial charge in [-0.1, -0.05) is 0 Å². The first-order valence-corrected chi connectivity index (χ1v) is 12.9. The molecule has 1 aromatic rings. The number of nitrogens with one attached hydrogen (secondary N) is 1. The molecule has 0 aromatic heterocycles. The number of hydrogen-bond donors (Lipinski definition) is 2. The second kappa shape index (κ2) is 9.97. The van der Waals surface area contributed by atoms with E-state index in [0.717, 1.165) is 18.2 Å². The largest absolute Gasteiger partial charge is 0.435 e. The van der Waals surface area contributed by atoms with Crippen molar-refractivity contribution >= 4 is 27.2 Å². The van der Waals surface area contributed by atoms with Gasteiger partial charge in [-0.15, -0.1) is 0 Å². The summed E-state index contributed by atoms with van der Waals surface area (Å²) in [4.78, 5) is 17.6. The highest BCUT2D eigenvalue weighted by atomic mass is 32.2. The quantitative estimate of drug-likeness (QED) is 0.621. The molecule has 11 heteroatoms. The Morgan fingerprint density at radius 3 is 2.62 bits per heavy atom. The lowest BCUT2D eigenvalue weighted by Crippen LogP contribution is -2.50. The number of nitrogens with two attached hydrogens (primary N) is 1. The van der Waals surface area contributed by atoms with E-state index in [2.05, 4.69) is 15.0 Å². The van der Waals surface area contributed by atoms with E-state index in [0.29, 0.717) is 30.5 Å². The molecule has 1 aliphatic carbocycles. The van der Waals surface area contributed by atoms with Crippen LogP contribution in [-0.4, -0.2) is 49.7 Å². The van der Waals surface area contributed by atoms with Crippen molar-refractivity contribution in [2.45, 2.75) is 64.6 Å². The van der Waals surface area contributed by atoms with Crippen LogP contribution in [0.5, 0.6) is 5.75 Å². The van der Waals surface area contributed by atoms with E-state index in [1.807, 2.05) is 13.8 Å². The lowest BCUT2D eigenvalue weighted by molar-refractivity contribution is -0.126. The minimum absolute atomic E-state index is 0.0395. The van der Waals surface area contributed by atoms with Crippen LogP contribution in [0.1, 0.15) is 52.0 Å². The number of rotatable bonds is 6. The van der Waals surface area contributed by atoms with Crippen molar-refractivity contribution in [3.8, 4) is 5.75 Å². The van der Waals surface area contributed by atoms with Crippen molar-refractivity contribution in [1.82, 2.24) is 5.32 Å². The molecule has 0 bridgehead atoms. The van der Waals surface area contributed by atoms with Gasteiger partial charge in [0, 0.05) is 35.4 Å². The zero-order chi connectivity index (χ0) is 25.3. The molecule has 0 unspecified atom stereocenters. The molecular formula is C23H30F3N3O4S. The monoisotopic (exact) mass is 501 g/mol. The molecule has 0 spiro atoms. The van der Waals surface area contributed by atoms with E-state index in [1.165, 1.54) is 0 Å². The summed E-state index contributed by atoms with van der Waals surface area (Å²) in [6.07, 6.45) is 1.33. The predicted octanol–water partition coefficient (Wildman–Crippen LogP) is 3.44. The SMILES string of the molecule is CC(C)N=C1C[C@H](C(=O)N[C@@]2(C)CCS(=O)(=O)C2)CCC1=C(N)c1cc(OC(F)F)ccc1F. The molecule has 3 rings (SSSR count). The Balaban J connectivity index is 1.86. The Bertz CT molecular complexity index is 1120. The number of sulfone groups is 1. The molecule has 1 heterocycles. The number of carbonyl (C=O) groups excluding carboxylic acids is 1. The molecule has 2 fully saturated rings. The van der Waals surface area contributed by atoms with Crippen LogP contribution < -0.4 is 15.8 Å². The molecule has 3 N–H and O–H groups in total. The van der Waals surface area contributed by atoms with Gasteiger partial charge in [-0.05, 0) is 63.8 Å². The van der Waals surface area contributed by atoms with Crippen molar-refractivity contribution in [2.75, 3.05) is 11.5 Å². The Labute approximate surface area is 197 Å². The van der Waals surface area contributed by atoms with E-state index < -0.39 is 33.7 Å². The molecular weight excluding hydrogens is 471 g/mol. The van der Waals surface area contributed by atoms with Gasteiger partial charge in [-0.25, -0.2) is 12.8 Å². The topological polar surface area (TPSA) is 111 Å². The number of amides is 1. The van der Waals surface area contributed by atoms with Gasteiger partial charge in [0.15, 0.2) is 9.84 Å². The van der Waals surface area contributed by atoms with Crippen LogP contribution in [0.4, 0.5) is 13.2 Å². The summed E-state index contributed by atoms with van der Waals surface area (Å²) >= 11 is 0. The van der Waals surface area contributed by atoms with Gasteiger partial charge in [-0.3, -0.25) is 9.79 Å². The zero-order valence-corrected chi connectivity index (χ0v) is 20.2. The molecule has 2 aliphatic rings. The third-order valence-corrected chi connectivity index (χ3v) is 7.93. The maximum Gasteiger partial charge on any atom is 0.387 e. The lowest BCUT2D eigenvalue weighted by Gasteiger charge is -2.31. The maximum atomic E-state index is 14.5. The van der Waals surface area contributed by atoms with Crippen molar-refractivity contribution < 1.29 is 31.1 Å². The van der Waals surface area contributed by atoms with E-state index in [9.17, 15) is 26.4 Å². The minimum atomic E-state index is -3.18. The van der Waals surface area contributed by atoms with E-state index >= 15 is 0 Å². The smallest absolute Gasteiger partial charge is 0.387 e. The number of hydrogen-bond acceptors (Lipinski definition) is 6. The summed E-state index contributed by atoms with van der Waals surface area (Å²) in [5.41, 5.74) is 6.57. The zero-order valence-electron chi connectivity index (χ0n) is 19.4. The summed E-state index contributed by atoms with van der Waals surface area (Å²) in [7, 11) is -3.18. The van der Waals surface area contributed by atoms with Crippen molar-refractivity contribution in [1.29, 1.82) is 0 Å². The second-order valence-corrected chi connectivity index (χ2v) is 11.6. The first kappa shape index (κ1) is 26.1. The van der Waals surface area contributed by atoms with Crippen LogP contribution in [0.3, 0.4) is 0 Å². The predicted molar refractivity (Wildman–Crippen MR) is 124 cm³/mol. The fourth-order valence-electron chi connectivity index (χ4n) is 4.44. The van der Waals surface area contributed by atoms with Gasteiger partial charge in [0.05, 0.1) is 17.0 Å². The number of alkyl halides is 2. The van der Waals surface area contributed by atoms with Crippen LogP contribution in [0.2, 0.25) is 0 Å². The van der Waals surface area contributed by atoms with E-state index in [4.69, 9.17) is 5.73 Å². The molecule has 1 amide bonds. The molecule has 7 nitrogen and oxygen atoms in total. The van der Waals surface area contributed by atoms with Crippen LogP contribution in [0, 0.1) is 11.7 Å². The van der Waals surface area contributed by atoms with Crippen molar-refractivity contribution in [3.63, 3.8) is 0 Å². The Morgan fingerprint density at radius 2 is 2.03 bits per heavy atom. The number of halogens is 3. The third-order valence-electron chi connectivity index (χ3n) is 6.02. The summed E-state index contributed by atoms with van der Waals surface area (Å²) in [5.74, 6) is -1.67. The number of carbonyl (C=O) groups is 1. The number of nitrogens with zero attached hydrogens (tertiary/aromatic N) is 1. The highest BCUT2D eigenvalue weighted by Gasteiger charge is 2.41. The Kier molecular flexibility index (Phi) is 7.64.